The Morgan fingerprint density at radius 2 is 1.71 bits per heavy atom. The first-order valence-electron chi connectivity index (χ1n) is 10.7. The molecule has 1 aromatic heterocycles. The molecule has 5 rings (SSSR count). The fraction of sp³-hybridized carbons (Fsp3) is 0.458. The number of furan rings is 1. The summed E-state index contributed by atoms with van der Waals surface area (Å²) in [6.45, 7) is 9.52. The van der Waals surface area contributed by atoms with Crippen LogP contribution >= 0.6 is 18.6 Å². The van der Waals surface area contributed by atoms with E-state index in [1.54, 1.807) is 0 Å². The van der Waals surface area contributed by atoms with Crippen LogP contribution < -0.4 is 0 Å². The molecule has 2 aromatic rings. The number of allylic oxidation sites excluding steroid dienone is 4. The maximum absolute atomic E-state index is 6.34. The molecule has 2 heterocycles. The fourth-order valence-corrected chi connectivity index (χ4v) is 9.63. The molecule has 0 radical (unpaired) electrons. The first-order chi connectivity index (χ1) is 14.6. The van der Waals surface area contributed by atoms with E-state index in [4.69, 9.17) is 23.0 Å². The first-order valence-corrected chi connectivity index (χ1v) is 18.1. The Balaban J connectivity index is 0.000000645. The third kappa shape index (κ3) is 5.27. The average molecular weight is 511 g/mol. The standard InChI is InChI=1S/C23H29N2OSi.CH3.2ClH.Ti/c1-27(2,25-13-11-24-12-14-25)23-16-20(18-8-4-5-9-19(18)23)22-15-17-7-3-6-10-21(17)26-22;;;;/h3-10,15,18-20,23H,11-14,16H2,1-2H3;1H3;2*1H;/q2*-1;;;+2/p-2/t18?,19?,20-,23?;;;;/m0..../s1. The molecule has 0 N–H and O–H groups in total. The van der Waals surface area contributed by atoms with Gasteiger partial charge in [-0.15, -0.1) is 13.1 Å². The minimum absolute atomic E-state index is 0. The SMILES string of the molecule is C[Si](C)(C1C[C@H](c2cc3ccccc3o2)C2C=CC=CC21)N1CC[N-]CC1.[CH3-].[Cl][Ti][Cl]. The van der Waals surface area contributed by atoms with Gasteiger partial charge in [-0.05, 0) is 49.0 Å². The van der Waals surface area contributed by atoms with Gasteiger partial charge in [0.2, 0.25) is 0 Å². The van der Waals surface area contributed by atoms with Crippen molar-refractivity contribution in [1.82, 2.24) is 4.57 Å². The fourth-order valence-electron chi connectivity index (χ4n) is 5.70. The Hall–Kier alpha value is -0.329. The van der Waals surface area contributed by atoms with Crippen LogP contribution in [-0.4, -0.2) is 39.0 Å². The molecule has 3 nitrogen and oxygen atoms in total. The molecule has 1 aliphatic heterocycles. The number of para-hydroxylation sites is 1. The number of halogens is 2. The molecule has 4 atom stereocenters. The van der Waals surface area contributed by atoms with Crippen molar-refractivity contribution < 1.29 is 21.4 Å². The summed E-state index contributed by atoms with van der Waals surface area (Å²) in [4.78, 5) is 0. The monoisotopic (exact) mass is 510 g/mol. The molecule has 3 unspecified atom stereocenters. The van der Waals surface area contributed by atoms with Gasteiger partial charge < -0.3 is 21.7 Å². The quantitative estimate of drug-likeness (QED) is 0.318. The molecule has 0 amide bonds. The van der Waals surface area contributed by atoms with Crippen molar-refractivity contribution in [3.63, 3.8) is 0 Å². The van der Waals surface area contributed by atoms with Gasteiger partial charge in [0.05, 0.1) is 0 Å². The molecule has 1 saturated carbocycles. The van der Waals surface area contributed by atoms with E-state index < -0.39 is 25.3 Å². The Morgan fingerprint density at radius 3 is 2.39 bits per heavy atom. The summed E-state index contributed by atoms with van der Waals surface area (Å²) in [6.07, 6.45) is 10.7. The van der Waals surface area contributed by atoms with Crippen molar-refractivity contribution in [2.24, 2.45) is 11.8 Å². The van der Waals surface area contributed by atoms with E-state index in [0.717, 1.165) is 37.3 Å². The second-order valence-electron chi connectivity index (χ2n) is 8.94. The number of fused-ring (bicyclic) bond motifs is 2. The van der Waals surface area contributed by atoms with Crippen LogP contribution in [0.2, 0.25) is 18.6 Å². The summed E-state index contributed by atoms with van der Waals surface area (Å²) in [6, 6.07) is 10.7. The summed E-state index contributed by atoms with van der Waals surface area (Å²) >= 11 is -0.556. The van der Waals surface area contributed by atoms with Crippen molar-refractivity contribution >= 4 is 37.8 Å². The Bertz CT molecular complexity index is 877. The molecule has 2 aliphatic carbocycles. The predicted molar refractivity (Wildman–Crippen MR) is 133 cm³/mol. The number of rotatable bonds is 3. The number of benzene rings is 1. The summed E-state index contributed by atoms with van der Waals surface area (Å²) in [7, 11) is 8.23. The minimum atomic E-state index is -1.54. The van der Waals surface area contributed by atoms with E-state index in [2.05, 4.69) is 77.6 Å². The Labute approximate surface area is 205 Å². The predicted octanol–water partition coefficient (Wildman–Crippen LogP) is 7.37. The molecule has 2 fully saturated rings. The van der Waals surface area contributed by atoms with Gasteiger partial charge in [-0.1, -0.05) is 55.6 Å². The van der Waals surface area contributed by atoms with E-state index in [0.29, 0.717) is 17.8 Å². The summed E-state index contributed by atoms with van der Waals surface area (Å²) in [5.41, 5.74) is 1.79. The molecule has 168 valence electrons. The third-order valence-electron chi connectivity index (χ3n) is 7.25. The van der Waals surface area contributed by atoms with Crippen LogP contribution in [0.25, 0.3) is 16.3 Å². The van der Waals surface area contributed by atoms with Crippen LogP contribution in [0.4, 0.5) is 0 Å². The van der Waals surface area contributed by atoms with Crippen molar-refractivity contribution in [2.45, 2.75) is 31.0 Å². The van der Waals surface area contributed by atoms with E-state index >= 15 is 0 Å². The second kappa shape index (κ2) is 11.2. The van der Waals surface area contributed by atoms with Crippen LogP contribution in [0.5, 0.6) is 0 Å². The number of piperazine rings is 1. The first kappa shape index (κ1) is 25.3. The van der Waals surface area contributed by atoms with Crippen LogP contribution in [0.1, 0.15) is 18.1 Å². The van der Waals surface area contributed by atoms with E-state index in [9.17, 15) is 0 Å². The van der Waals surface area contributed by atoms with Gasteiger partial charge in [-0.2, -0.15) is 0 Å². The normalized spacial score (nSPS) is 27.9. The van der Waals surface area contributed by atoms with Gasteiger partial charge >= 0.3 is 35.6 Å². The number of nitrogens with zero attached hydrogens (tertiary/aromatic N) is 2. The third-order valence-corrected chi connectivity index (χ3v) is 11.8. The van der Waals surface area contributed by atoms with E-state index in [1.165, 1.54) is 17.6 Å². The van der Waals surface area contributed by atoms with Gasteiger partial charge in [-0.3, -0.25) is 0 Å². The van der Waals surface area contributed by atoms with E-state index in [1.807, 2.05) is 0 Å². The van der Waals surface area contributed by atoms with Gasteiger partial charge in [-0.25, -0.2) is 0 Å². The average Bonchev–Trinajstić information content (AvgIpc) is 3.37. The summed E-state index contributed by atoms with van der Waals surface area (Å²) in [5.74, 6) is 2.90. The van der Waals surface area contributed by atoms with Crippen LogP contribution in [0, 0.1) is 19.3 Å². The van der Waals surface area contributed by atoms with Crippen LogP contribution in [-0.2, 0) is 17.0 Å². The van der Waals surface area contributed by atoms with Crippen molar-refractivity contribution in [3.8, 4) is 0 Å². The summed E-state index contributed by atoms with van der Waals surface area (Å²) in [5, 5.41) is 5.81. The van der Waals surface area contributed by atoms with Gasteiger partial charge in [0, 0.05) is 11.3 Å². The molecule has 7 heteroatoms. The number of hydrogen-bond donors (Lipinski definition) is 0. The van der Waals surface area contributed by atoms with Gasteiger partial charge in [0.25, 0.3) is 0 Å². The molecular formula is C24H32Cl2N2OSiTi-2. The Morgan fingerprint density at radius 1 is 1.06 bits per heavy atom. The van der Waals surface area contributed by atoms with Crippen LogP contribution in [0.3, 0.4) is 0 Å². The van der Waals surface area contributed by atoms with Crippen molar-refractivity contribution in [3.05, 3.63) is 73.1 Å². The molecule has 3 aliphatic rings. The molecular weight excluding hydrogens is 479 g/mol. The van der Waals surface area contributed by atoms with E-state index in [-0.39, 0.29) is 7.43 Å². The zero-order valence-electron chi connectivity index (χ0n) is 18.6. The maximum atomic E-state index is 6.34. The molecule has 31 heavy (non-hydrogen) atoms. The number of hydrogen-bond acceptors (Lipinski definition) is 2. The Kier molecular flexibility index (Phi) is 9.14. The second-order valence-corrected chi connectivity index (χ2v) is 16.2. The van der Waals surface area contributed by atoms with Crippen LogP contribution in [0.15, 0.2) is 59.1 Å². The molecule has 0 spiro atoms. The van der Waals surface area contributed by atoms with Gasteiger partial charge in [0.15, 0.2) is 0 Å². The summed E-state index contributed by atoms with van der Waals surface area (Å²) < 4.78 is 9.15. The topological polar surface area (TPSA) is 30.5 Å². The molecule has 1 saturated heterocycles. The van der Waals surface area contributed by atoms with Crippen molar-refractivity contribution in [1.29, 1.82) is 0 Å². The zero-order valence-corrected chi connectivity index (χ0v) is 22.7. The molecule has 1 aromatic carbocycles. The zero-order chi connectivity index (χ0) is 21.1. The van der Waals surface area contributed by atoms with Gasteiger partial charge in [0.1, 0.15) is 19.6 Å². The molecule has 0 bridgehead atoms. The van der Waals surface area contributed by atoms with Crippen molar-refractivity contribution in [2.75, 3.05) is 26.2 Å².